The molecule has 4 nitrogen and oxygen atoms in total. The number of hydrogen-bond acceptors (Lipinski definition) is 3. The second-order valence-corrected chi connectivity index (χ2v) is 4.03. The maximum Gasteiger partial charge on any atom is 0.113 e. The first-order valence-corrected chi connectivity index (χ1v) is 5.64. The first-order valence-electron chi connectivity index (χ1n) is 5.64. The van der Waals surface area contributed by atoms with E-state index in [0.29, 0.717) is 12.1 Å². The molecule has 3 rings (SSSR count). The lowest BCUT2D eigenvalue weighted by molar-refractivity contribution is 0.600. The Morgan fingerprint density at radius 1 is 1.00 bits per heavy atom. The number of aromatic nitrogens is 3. The quantitative estimate of drug-likeness (QED) is 0.684. The molecule has 1 aromatic heterocycles. The number of nitriles is 1. The van der Waals surface area contributed by atoms with Crippen molar-refractivity contribution >= 4 is 11.0 Å². The molecular weight excluding hydrogens is 224 g/mol. The molecule has 18 heavy (non-hydrogen) atoms. The van der Waals surface area contributed by atoms with Crippen molar-refractivity contribution in [3.05, 3.63) is 59.7 Å². The van der Waals surface area contributed by atoms with E-state index in [1.165, 1.54) is 0 Å². The lowest BCUT2D eigenvalue weighted by Crippen LogP contribution is -2.03. The Morgan fingerprint density at radius 3 is 2.39 bits per heavy atom. The van der Waals surface area contributed by atoms with E-state index in [4.69, 9.17) is 5.26 Å². The van der Waals surface area contributed by atoms with Gasteiger partial charge in [-0.15, -0.1) is 0 Å². The zero-order chi connectivity index (χ0) is 12.4. The van der Waals surface area contributed by atoms with Gasteiger partial charge < -0.3 is 0 Å². The van der Waals surface area contributed by atoms with Crippen molar-refractivity contribution in [3.63, 3.8) is 0 Å². The molecule has 0 amide bonds. The van der Waals surface area contributed by atoms with Crippen LogP contribution in [0.2, 0.25) is 0 Å². The van der Waals surface area contributed by atoms with Crippen LogP contribution in [-0.2, 0) is 6.54 Å². The summed E-state index contributed by atoms with van der Waals surface area (Å²) in [6.07, 6.45) is 0. The van der Waals surface area contributed by atoms with Gasteiger partial charge in [-0.2, -0.15) is 20.3 Å². The third kappa shape index (κ3) is 1.94. The topological polar surface area (TPSA) is 54.5 Å². The summed E-state index contributed by atoms with van der Waals surface area (Å²) < 4.78 is 0. The van der Waals surface area contributed by atoms with E-state index < -0.39 is 0 Å². The molecule has 1 heterocycles. The van der Waals surface area contributed by atoms with Gasteiger partial charge in [-0.05, 0) is 29.8 Å². The minimum atomic E-state index is 0.574. The predicted molar refractivity (Wildman–Crippen MR) is 67.8 cm³/mol. The summed E-state index contributed by atoms with van der Waals surface area (Å²) in [6.45, 7) is 0.574. The van der Waals surface area contributed by atoms with Crippen molar-refractivity contribution in [1.82, 2.24) is 15.0 Å². The Bertz CT molecular complexity index is 704. The molecule has 0 atom stereocenters. The Morgan fingerprint density at radius 2 is 1.72 bits per heavy atom. The minimum Gasteiger partial charge on any atom is -0.192 e. The first-order chi connectivity index (χ1) is 8.85. The van der Waals surface area contributed by atoms with Crippen molar-refractivity contribution < 1.29 is 0 Å². The van der Waals surface area contributed by atoms with E-state index in [9.17, 15) is 0 Å². The molecule has 0 aliphatic heterocycles. The molecule has 4 heteroatoms. The molecular formula is C14H10N4. The predicted octanol–water partition coefficient (Wildman–Crippen LogP) is 2.35. The van der Waals surface area contributed by atoms with Crippen molar-refractivity contribution in [1.29, 1.82) is 5.26 Å². The van der Waals surface area contributed by atoms with Gasteiger partial charge >= 0.3 is 0 Å². The summed E-state index contributed by atoms with van der Waals surface area (Å²) in [5, 5.41) is 17.6. The molecule has 0 saturated heterocycles. The van der Waals surface area contributed by atoms with Crippen LogP contribution in [-0.4, -0.2) is 15.0 Å². The van der Waals surface area contributed by atoms with E-state index in [2.05, 4.69) is 16.3 Å². The van der Waals surface area contributed by atoms with Crippen LogP contribution in [0.5, 0.6) is 0 Å². The summed E-state index contributed by atoms with van der Waals surface area (Å²) in [5.41, 5.74) is 3.45. The summed E-state index contributed by atoms with van der Waals surface area (Å²) in [7, 11) is 0. The number of fused-ring (bicyclic) bond motifs is 1. The van der Waals surface area contributed by atoms with Gasteiger partial charge in [0, 0.05) is 0 Å². The van der Waals surface area contributed by atoms with Crippen LogP contribution >= 0.6 is 0 Å². The highest BCUT2D eigenvalue weighted by Crippen LogP contribution is 2.10. The van der Waals surface area contributed by atoms with Crippen molar-refractivity contribution in [2.24, 2.45) is 0 Å². The molecule has 0 aliphatic carbocycles. The minimum absolute atomic E-state index is 0.574. The third-order valence-corrected chi connectivity index (χ3v) is 2.71. The van der Waals surface area contributed by atoms with Gasteiger partial charge in [-0.3, -0.25) is 0 Å². The smallest absolute Gasteiger partial charge is 0.113 e. The highest BCUT2D eigenvalue weighted by molar-refractivity contribution is 5.72. The number of nitrogens with zero attached hydrogens (tertiary/aromatic N) is 4. The summed E-state index contributed by atoms with van der Waals surface area (Å²) in [5.74, 6) is 0. The standard InChI is InChI=1S/C14H10N4/c15-9-11-4-3-5-12(8-11)10-18-16-13-6-1-2-7-14(13)17-18/h1-8H,10H2. The highest BCUT2D eigenvalue weighted by atomic mass is 15.5. The van der Waals surface area contributed by atoms with Gasteiger partial charge in [0.25, 0.3) is 0 Å². The van der Waals surface area contributed by atoms with Crippen LogP contribution in [0.1, 0.15) is 11.1 Å². The number of hydrogen-bond donors (Lipinski definition) is 0. The first kappa shape index (κ1) is 10.5. The van der Waals surface area contributed by atoms with Gasteiger partial charge in [0.15, 0.2) is 0 Å². The number of rotatable bonds is 2. The molecule has 0 bridgehead atoms. The largest absolute Gasteiger partial charge is 0.192 e. The maximum absolute atomic E-state index is 8.85. The van der Waals surface area contributed by atoms with E-state index >= 15 is 0 Å². The van der Waals surface area contributed by atoms with Gasteiger partial charge in [0.1, 0.15) is 11.0 Å². The summed E-state index contributed by atoms with van der Waals surface area (Å²) in [6, 6.07) is 17.4. The molecule has 0 unspecified atom stereocenters. The third-order valence-electron chi connectivity index (χ3n) is 2.71. The van der Waals surface area contributed by atoms with Crippen molar-refractivity contribution in [2.45, 2.75) is 6.54 Å². The van der Waals surface area contributed by atoms with Gasteiger partial charge in [0.2, 0.25) is 0 Å². The second-order valence-electron chi connectivity index (χ2n) is 4.03. The van der Waals surface area contributed by atoms with E-state index in [1.807, 2.05) is 42.5 Å². The van der Waals surface area contributed by atoms with Crippen LogP contribution in [0, 0.1) is 11.3 Å². The maximum atomic E-state index is 8.85. The molecule has 0 radical (unpaired) electrons. The fourth-order valence-corrected chi connectivity index (χ4v) is 1.88. The van der Waals surface area contributed by atoms with E-state index in [-0.39, 0.29) is 0 Å². The van der Waals surface area contributed by atoms with Crippen LogP contribution in [0.15, 0.2) is 48.5 Å². The average Bonchev–Trinajstić information content (AvgIpc) is 2.81. The van der Waals surface area contributed by atoms with Crippen molar-refractivity contribution in [3.8, 4) is 6.07 Å². The molecule has 0 N–H and O–H groups in total. The van der Waals surface area contributed by atoms with Gasteiger partial charge in [0.05, 0.1) is 18.2 Å². The summed E-state index contributed by atoms with van der Waals surface area (Å²) in [4.78, 5) is 1.65. The fraction of sp³-hybridized carbons (Fsp3) is 0.0714. The number of benzene rings is 2. The molecule has 0 spiro atoms. The highest BCUT2D eigenvalue weighted by Gasteiger charge is 2.02. The van der Waals surface area contributed by atoms with E-state index in [1.54, 1.807) is 10.9 Å². The lowest BCUT2D eigenvalue weighted by atomic mass is 10.1. The normalized spacial score (nSPS) is 10.4. The zero-order valence-electron chi connectivity index (χ0n) is 9.61. The monoisotopic (exact) mass is 234 g/mol. The van der Waals surface area contributed by atoms with Crippen LogP contribution < -0.4 is 0 Å². The molecule has 2 aromatic carbocycles. The Hall–Kier alpha value is -2.67. The zero-order valence-corrected chi connectivity index (χ0v) is 9.61. The Labute approximate surface area is 104 Å². The molecule has 0 saturated carbocycles. The second kappa shape index (κ2) is 4.30. The molecule has 86 valence electrons. The Balaban J connectivity index is 1.94. The van der Waals surface area contributed by atoms with Gasteiger partial charge in [-0.25, -0.2) is 0 Å². The molecule has 0 fully saturated rings. The van der Waals surface area contributed by atoms with Gasteiger partial charge in [-0.1, -0.05) is 24.3 Å². The summed E-state index contributed by atoms with van der Waals surface area (Å²) >= 11 is 0. The average molecular weight is 234 g/mol. The van der Waals surface area contributed by atoms with Crippen LogP contribution in [0.4, 0.5) is 0 Å². The fourth-order valence-electron chi connectivity index (χ4n) is 1.88. The van der Waals surface area contributed by atoms with Crippen LogP contribution in [0.25, 0.3) is 11.0 Å². The SMILES string of the molecule is N#Cc1cccc(Cn2nc3ccccc3n2)c1. The molecule has 0 aliphatic rings. The Kier molecular flexibility index (Phi) is 2.50. The molecule has 3 aromatic rings. The van der Waals surface area contributed by atoms with Crippen LogP contribution in [0.3, 0.4) is 0 Å². The van der Waals surface area contributed by atoms with Crippen molar-refractivity contribution in [2.75, 3.05) is 0 Å². The van der Waals surface area contributed by atoms with E-state index in [0.717, 1.165) is 16.6 Å². The lowest BCUT2D eigenvalue weighted by Gasteiger charge is -2.00.